The van der Waals surface area contributed by atoms with E-state index in [-0.39, 0.29) is 17.3 Å². The van der Waals surface area contributed by atoms with Gasteiger partial charge in [-0.1, -0.05) is 29.3 Å². The molecule has 0 aliphatic heterocycles. The largest absolute Gasteiger partial charge is 0.480 e. The zero-order valence-corrected chi connectivity index (χ0v) is 11.5. The first-order valence-corrected chi connectivity index (χ1v) is 6.75. The van der Waals surface area contributed by atoms with E-state index >= 15 is 0 Å². The van der Waals surface area contributed by atoms with E-state index in [2.05, 4.69) is 0 Å². The third-order valence-electron chi connectivity index (χ3n) is 2.31. The van der Waals surface area contributed by atoms with Gasteiger partial charge in [-0.3, -0.25) is 0 Å². The Labute approximate surface area is 118 Å². The van der Waals surface area contributed by atoms with Gasteiger partial charge in [0.05, 0.1) is 9.36 Å². The van der Waals surface area contributed by atoms with E-state index in [0.717, 1.165) is 4.88 Å². The summed E-state index contributed by atoms with van der Waals surface area (Å²) in [5.41, 5.74) is 5.63. The fourth-order valence-corrected chi connectivity index (χ4v) is 2.72. The van der Waals surface area contributed by atoms with Crippen LogP contribution < -0.4 is 10.5 Å². The summed E-state index contributed by atoms with van der Waals surface area (Å²) in [5, 5.41) is 0.0208. The third-order valence-corrected chi connectivity index (χ3v) is 3.93. The first kappa shape index (κ1) is 13.6. The van der Waals surface area contributed by atoms with Gasteiger partial charge in [0.1, 0.15) is 6.10 Å². The smallest absolute Gasteiger partial charge is 0.183 e. The third kappa shape index (κ3) is 2.95. The molecular formula is C12H10Cl2FNOS. The van der Waals surface area contributed by atoms with Crippen molar-refractivity contribution in [1.82, 2.24) is 0 Å². The van der Waals surface area contributed by atoms with E-state index in [1.165, 1.54) is 23.5 Å². The van der Waals surface area contributed by atoms with Gasteiger partial charge in [0, 0.05) is 11.4 Å². The Hall–Kier alpha value is -0.810. The van der Waals surface area contributed by atoms with Gasteiger partial charge in [-0.25, -0.2) is 4.39 Å². The highest BCUT2D eigenvalue weighted by molar-refractivity contribution is 7.16. The van der Waals surface area contributed by atoms with Gasteiger partial charge in [-0.15, -0.1) is 11.3 Å². The summed E-state index contributed by atoms with van der Waals surface area (Å²) in [6, 6.07) is 8.16. The lowest BCUT2D eigenvalue weighted by Crippen LogP contribution is -2.17. The molecule has 1 atom stereocenters. The average Bonchev–Trinajstić information content (AvgIpc) is 2.78. The molecule has 6 heteroatoms. The lowest BCUT2D eigenvalue weighted by molar-refractivity contribution is 0.208. The SMILES string of the molecule is NCC(Oc1cccc(Cl)c1F)c1ccc(Cl)s1. The van der Waals surface area contributed by atoms with Crippen molar-refractivity contribution in [2.45, 2.75) is 6.10 Å². The number of thiophene rings is 1. The minimum Gasteiger partial charge on any atom is -0.480 e. The number of benzene rings is 1. The second-order valence-corrected chi connectivity index (χ2v) is 5.69. The molecule has 0 bridgehead atoms. The van der Waals surface area contributed by atoms with Gasteiger partial charge in [0.15, 0.2) is 11.6 Å². The molecular weight excluding hydrogens is 296 g/mol. The predicted octanol–water partition coefficient (Wildman–Crippen LogP) is 4.27. The summed E-state index contributed by atoms with van der Waals surface area (Å²) in [4.78, 5) is 0.849. The molecule has 0 spiro atoms. The van der Waals surface area contributed by atoms with Gasteiger partial charge in [0.25, 0.3) is 0 Å². The maximum atomic E-state index is 13.7. The summed E-state index contributed by atoms with van der Waals surface area (Å²) in [6.45, 7) is 0.225. The Morgan fingerprint density at radius 3 is 2.67 bits per heavy atom. The fraction of sp³-hybridized carbons (Fsp3) is 0.167. The van der Waals surface area contributed by atoms with E-state index in [0.29, 0.717) is 4.34 Å². The van der Waals surface area contributed by atoms with Crippen LogP contribution in [0.25, 0.3) is 0 Å². The van der Waals surface area contributed by atoms with Crippen LogP contribution in [0.2, 0.25) is 9.36 Å². The van der Waals surface area contributed by atoms with Crippen molar-refractivity contribution in [3.05, 3.63) is 50.4 Å². The average molecular weight is 306 g/mol. The molecule has 1 unspecified atom stereocenters. The standard InChI is InChI=1S/C12H10Cl2FNOS/c13-7-2-1-3-8(12(7)15)17-9(6-16)10-4-5-11(14)18-10/h1-5,9H,6,16H2. The van der Waals surface area contributed by atoms with E-state index in [4.69, 9.17) is 33.7 Å². The minimum absolute atomic E-state index is 0.0208. The lowest BCUT2D eigenvalue weighted by atomic mass is 10.2. The number of hydrogen-bond acceptors (Lipinski definition) is 3. The van der Waals surface area contributed by atoms with Crippen molar-refractivity contribution in [2.75, 3.05) is 6.54 Å². The molecule has 0 radical (unpaired) electrons. The molecule has 0 aliphatic rings. The number of ether oxygens (including phenoxy) is 1. The zero-order valence-electron chi connectivity index (χ0n) is 9.20. The highest BCUT2D eigenvalue weighted by atomic mass is 35.5. The maximum absolute atomic E-state index is 13.7. The van der Waals surface area contributed by atoms with Crippen LogP contribution in [0.4, 0.5) is 4.39 Å². The highest BCUT2D eigenvalue weighted by Crippen LogP contribution is 2.32. The summed E-state index contributed by atoms with van der Waals surface area (Å²) in [7, 11) is 0. The molecule has 0 amide bonds. The van der Waals surface area contributed by atoms with Gasteiger partial charge in [-0.2, -0.15) is 0 Å². The molecule has 2 aromatic rings. The van der Waals surface area contributed by atoms with Crippen molar-refractivity contribution < 1.29 is 9.13 Å². The minimum atomic E-state index is -0.583. The van der Waals surface area contributed by atoms with Crippen molar-refractivity contribution >= 4 is 34.5 Å². The van der Waals surface area contributed by atoms with Crippen LogP contribution in [-0.2, 0) is 0 Å². The summed E-state index contributed by atoms with van der Waals surface area (Å²) < 4.78 is 19.9. The van der Waals surface area contributed by atoms with Gasteiger partial charge >= 0.3 is 0 Å². The van der Waals surface area contributed by atoms with Crippen molar-refractivity contribution in [3.8, 4) is 5.75 Å². The van der Waals surface area contributed by atoms with Crippen molar-refractivity contribution in [2.24, 2.45) is 5.73 Å². The molecule has 96 valence electrons. The molecule has 1 aromatic heterocycles. The number of hydrogen-bond donors (Lipinski definition) is 1. The van der Waals surface area contributed by atoms with E-state index in [1.807, 2.05) is 6.07 Å². The molecule has 0 fully saturated rings. The summed E-state index contributed by atoms with van der Waals surface area (Å²) in [6.07, 6.45) is -0.435. The Morgan fingerprint density at radius 2 is 2.06 bits per heavy atom. The Kier molecular flexibility index (Phi) is 4.45. The van der Waals surface area contributed by atoms with Crippen LogP contribution in [0.3, 0.4) is 0 Å². The molecule has 1 aromatic carbocycles. The van der Waals surface area contributed by atoms with Crippen LogP contribution in [0.1, 0.15) is 11.0 Å². The predicted molar refractivity (Wildman–Crippen MR) is 73.2 cm³/mol. The Bertz CT molecular complexity index is 547. The molecule has 0 saturated heterocycles. The zero-order chi connectivity index (χ0) is 13.1. The quantitative estimate of drug-likeness (QED) is 0.915. The van der Waals surface area contributed by atoms with Gasteiger partial charge in [-0.05, 0) is 24.3 Å². The molecule has 0 aliphatic carbocycles. The maximum Gasteiger partial charge on any atom is 0.183 e. The topological polar surface area (TPSA) is 35.2 Å². The summed E-state index contributed by atoms with van der Waals surface area (Å²) in [5.74, 6) is -0.497. The Morgan fingerprint density at radius 1 is 1.28 bits per heavy atom. The lowest BCUT2D eigenvalue weighted by Gasteiger charge is -2.16. The second-order valence-electron chi connectivity index (χ2n) is 3.54. The first-order valence-electron chi connectivity index (χ1n) is 5.17. The molecule has 2 nitrogen and oxygen atoms in total. The van der Waals surface area contributed by atoms with Gasteiger partial charge < -0.3 is 10.5 Å². The van der Waals surface area contributed by atoms with E-state index in [1.54, 1.807) is 12.1 Å². The van der Waals surface area contributed by atoms with E-state index < -0.39 is 11.9 Å². The van der Waals surface area contributed by atoms with Crippen LogP contribution in [0.15, 0.2) is 30.3 Å². The van der Waals surface area contributed by atoms with Crippen LogP contribution in [0.5, 0.6) is 5.75 Å². The molecule has 2 N–H and O–H groups in total. The Balaban J connectivity index is 2.23. The molecule has 18 heavy (non-hydrogen) atoms. The van der Waals surface area contributed by atoms with E-state index in [9.17, 15) is 4.39 Å². The molecule has 0 saturated carbocycles. The number of rotatable bonds is 4. The normalized spacial score (nSPS) is 12.4. The van der Waals surface area contributed by atoms with Crippen LogP contribution in [0, 0.1) is 5.82 Å². The number of nitrogens with two attached hydrogens (primary N) is 1. The molecule has 1 heterocycles. The second kappa shape index (κ2) is 5.89. The fourth-order valence-electron chi connectivity index (χ4n) is 1.45. The number of halogens is 3. The molecule has 2 rings (SSSR count). The van der Waals surface area contributed by atoms with Crippen LogP contribution in [-0.4, -0.2) is 6.54 Å². The van der Waals surface area contributed by atoms with Crippen molar-refractivity contribution in [3.63, 3.8) is 0 Å². The van der Waals surface area contributed by atoms with Crippen molar-refractivity contribution in [1.29, 1.82) is 0 Å². The van der Waals surface area contributed by atoms with Gasteiger partial charge in [0.2, 0.25) is 0 Å². The monoisotopic (exact) mass is 305 g/mol. The highest BCUT2D eigenvalue weighted by Gasteiger charge is 2.17. The first-order chi connectivity index (χ1) is 8.61. The summed E-state index contributed by atoms with van der Waals surface area (Å²) >= 11 is 12.9. The van der Waals surface area contributed by atoms with Crippen LogP contribution >= 0.6 is 34.5 Å².